The highest BCUT2D eigenvalue weighted by atomic mass is 16.5. The second kappa shape index (κ2) is 7.97. The largest absolute Gasteiger partial charge is 0.497 e. The molecule has 0 aliphatic carbocycles. The lowest BCUT2D eigenvalue weighted by Gasteiger charge is -2.08. The van der Waals surface area contributed by atoms with Crippen LogP contribution in [-0.2, 0) is 11.2 Å². The number of nitrogens with one attached hydrogen (secondary N) is 2. The summed E-state index contributed by atoms with van der Waals surface area (Å²) in [5.74, 6) is 1.44. The van der Waals surface area contributed by atoms with E-state index in [9.17, 15) is 4.79 Å². The molecule has 5 nitrogen and oxygen atoms in total. The van der Waals surface area contributed by atoms with E-state index in [1.54, 1.807) is 13.3 Å². The second-order valence-corrected chi connectivity index (χ2v) is 5.50. The van der Waals surface area contributed by atoms with Crippen LogP contribution in [0.1, 0.15) is 5.56 Å². The van der Waals surface area contributed by atoms with Crippen molar-refractivity contribution < 1.29 is 9.53 Å². The van der Waals surface area contributed by atoms with Gasteiger partial charge in [0.25, 0.3) is 0 Å². The van der Waals surface area contributed by atoms with Crippen LogP contribution in [0.2, 0.25) is 0 Å². The fourth-order valence-corrected chi connectivity index (χ4v) is 2.35. The van der Waals surface area contributed by atoms with Crippen LogP contribution in [0.25, 0.3) is 0 Å². The van der Waals surface area contributed by atoms with Gasteiger partial charge in [0, 0.05) is 5.69 Å². The van der Waals surface area contributed by atoms with E-state index < -0.39 is 0 Å². The van der Waals surface area contributed by atoms with Gasteiger partial charge < -0.3 is 15.4 Å². The van der Waals surface area contributed by atoms with Crippen molar-refractivity contribution in [3.05, 3.63) is 78.5 Å². The quantitative estimate of drug-likeness (QED) is 0.715. The third-order valence-electron chi connectivity index (χ3n) is 3.62. The fourth-order valence-electron chi connectivity index (χ4n) is 2.35. The van der Waals surface area contributed by atoms with Crippen LogP contribution in [0.3, 0.4) is 0 Å². The smallest absolute Gasteiger partial charge is 0.228 e. The maximum Gasteiger partial charge on any atom is 0.228 e. The Morgan fingerprint density at radius 3 is 2.32 bits per heavy atom. The van der Waals surface area contributed by atoms with Gasteiger partial charge in [-0.1, -0.05) is 30.3 Å². The minimum Gasteiger partial charge on any atom is -0.497 e. The molecule has 1 aromatic heterocycles. The monoisotopic (exact) mass is 333 g/mol. The minimum atomic E-state index is -0.0659. The number of hydrogen-bond acceptors (Lipinski definition) is 4. The minimum absolute atomic E-state index is 0.0659. The number of aromatic nitrogens is 1. The average molecular weight is 333 g/mol. The number of hydrogen-bond donors (Lipinski definition) is 2. The first-order valence-corrected chi connectivity index (χ1v) is 7.94. The van der Waals surface area contributed by atoms with Crippen LogP contribution >= 0.6 is 0 Å². The molecule has 0 saturated carbocycles. The summed E-state index contributed by atoms with van der Waals surface area (Å²) in [5.41, 5.74) is 2.56. The SMILES string of the molecule is COc1ccc(Nc2ccc(NC(=O)Cc3ccccc3)cn2)cc1. The molecule has 0 saturated heterocycles. The van der Waals surface area contributed by atoms with Gasteiger partial charge in [-0.25, -0.2) is 4.98 Å². The van der Waals surface area contributed by atoms with E-state index in [-0.39, 0.29) is 5.91 Å². The van der Waals surface area contributed by atoms with Crippen LogP contribution in [0, 0.1) is 0 Å². The molecule has 0 radical (unpaired) electrons. The molecule has 3 rings (SSSR count). The van der Waals surface area contributed by atoms with Crippen molar-refractivity contribution in [3.8, 4) is 5.75 Å². The van der Waals surface area contributed by atoms with Gasteiger partial charge in [-0.15, -0.1) is 0 Å². The van der Waals surface area contributed by atoms with E-state index in [4.69, 9.17) is 4.74 Å². The van der Waals surface area contributed by atoms with E-state index >= 15 is 0 Å². The van der Waals surface area contributed by atoms with Crippen LogP contribution in [0.5, 0.6) is 5.75 Å². The summed E-state index contributed by atoms with van der Waals surface area (Å²) in [7, 11) is 1.63. The molecule has 1 heterocycles. The molecule has 1 amide bonds. The first kappa shape index (κ1) is 16.5. The first-order chi connectivity index (χ1) is 12.2. The molecule has 5 heteroatoms. The molecule has 0 aliphatic rings. The number of methoxy groups -OCH3 is 1. The average Bonchev–Trinajstić information content (AvgIpc) is 2.65. The molecular weight excluding hydrogens is 314 g/mol. The van der Waals surface area contributed by atoms with Gasteiger partial charge in [0.2, 0.25) is 5.91 Å². The molecule has 0 aliphatic heterocycles. The molecule has 3 aromatic rings. The van der Waals surface area contributed by atoms with Crippen molar-refractivity contribution in [2.45, 2.75) is 6.42 Å². The van der Waals surface area contributed by atoms with Crippen molar-refractivity contribution in [1.82, 2.24) is 4.98 Å². The van der Waals surface area contributed by atoms with Crippen molar-refractivity contribution >= 4 is 23.1 Å². The Balaban J connectivity index is 1.57. The third-order valence-corrected chi connectivity index (χ3v) is 3.62. The summed E-state index contributed by atoms with van der Waals surface area (Å²) in [6.45, 7) is 0. The van der Waals surface area contributed by atoms with Gasteiger partial charge in [0.05, 0.1) is 25.4 Å². The maximum absolute atomic E-state index is 12.1. The van der Waals surface area contributed by atoms with E-state index in [1.807, 2.05) is 66.7 Å². The zero-order valence-corrected chi connectivity index (χ0v) is 13.9. The standard InChI is InChI=1S/C20H19N3O2/c1-25-18-10-7-16(8-11-18)22-19-12-9-17(14-21-19)23-20(24)13-15-5-3-2-4-6-15/h2-12,14H,13H2,1H3,(H,21,22)(H,23,24). The number of rotatable bonds is 6. The lowest BCUT2D eigenvalue weighted by molar-refractivity contribution is -0.115. The summed E-state index contributed by atoms with van der Waals surface area (Å²) in [6.07, 6.45) is 1.97. The van der Waals surface area contributed by atoms with Crippen molar-refractivity contribution in [1.29, 1.82) is 0 Å². The predicted octanol–water partition coefficient (Wildman–Crippen LogP) is 4.02. The highest BCUT2D eigenvalue weighted by Crippen LogP contribution is 2.19. The van der Waals surface area contributed by atoms with Gasteiger partial charge in [0.1, 0.15) is 11.6 Å². The van der Waals surface area contributed by atoms with Gasteiger partial charge in [-0.2, -0.15) is 0 Å². The zero-order valence-electron chi connectivity index (χ0n) is 13.9. The molecule has 2 N–H and O–H groups in total. The molecule has 0 unspecified atom stereocenters. The van der Waals surface area contributed by atoms with Crippen molar-refractivity contribution in [2.24, 2.45) is 0 Å². The lowest BCUT2D eigenvalue weighted by Crippen LogP contribution is -2.14. The number of pyridine rings is 1. The Bertz CT molecular complexity index is 816. The van der Waals surface area contributed by atoms with Crippen LogP contribution in [0.4, 0.5) is 17.2 Å². The molecule has 0 atom stereocenters. The molecular formula is C20H19N3O2. The number of benzene rings is 2. The number of ether oxygens (including phenoxy) is 1. The molecule has 2 aromatic carbocycles. The van der Waals surface area contributed by atoms with E-state index in [0.29, 0.717) is 17.9 Å². The van der Waals surface area contributed by atoms with Crippen LogP contribution in [0.15, 0.2) is 72.9 Å². The van der Waals surface area contributed by atoms with Gasteiger partial charge in [-0.3, -0.25) is 4.79 Å². The van der Waals surface area contributed by atoms with Gasteiger partial charge in [-0.05, 0) is 42.0 Å². The molecule has 0 fully saturated rings. The summed E-state index contributed by atoms with van der Waals surface area (Å²) < 4.78 is 5.13. The third kappa shape index (κ3) is 4.81. The normalized spacial score (nSPS) is 10.1. The number of amides is 1. The van der Waals surface area contributed by atoms with E-state index in [2.05, 4.69) is 15.6 Å². The van der Waals surface area contributed by atoms with Crippen molar-refractivity contribution in [2.75, 3.05) is 17.7 Å². The Morgan fingerprint density at radius 1 is 0.960 bits per heavy atom. The Kier molecular flexibility index (Phi) is 5.26. The number of anilines is 3. The lowest BCUT2D eigenvalue weighted by atomic mass is 10.1. The summed E-state index contributed by atoms with van der Waals surface area (Å²) in [4.78, 5) is 16.4. The van der Waals surface area contributed by atoms with E-state index in [0.717, 1.165) is 17.0 Å². The maximum atomic E-state index is 12.1. The highest BCUT2D eigenvalue weighted by Gasteiger charge is 2.04. The van der Waals surface area contributed by atoms with Crippen LogP contribution < -0.4 is 15.4 Å². The van der Waals surface area contributed by atoms with Gasteiger partial charge in [0.15, 0.2) is 0 Å². The molecule has 0 bridgehead atoms. The highest BCUT2D eigenvalue weighted by molar-refractivity contribution is 5.92. The predicted molar refractivity (Wildman–Crippen MR) is 99.3 cm³/mol. The van der Waals surface area contributed by atoms with Crippen LogP contribution in [-0.4, -0.2) is 18.0 Å². The molecule has 0 spiro atoms. The van der Waals surface area contributed by atoms with Gasteiger partial charge >= 0.3 is 0 Å². The number of carbonyl (C=O) groups excluding carboxylic acids is 1. The Morgan fingerprint density at radius 2 is 1.68 bits per heavy atom. The number of carbonyl (C=O) groups is 1. The Labute approximate surface area is 146 Å². The molecule has 25 heavy (non-hydrogen) atoms. The summed E-state index contributed by atoms with van der Waals surface area (Å²) >= 11 is 0. The summed E-state index contributed by atoms with van der Waals surface area (Å²) in [5, 5.41) is 6.05. The summed E-state index contributed by atoms with van der Waals surface area (Å²) in [6, 6.07) is 20.9. The Hall–Kier alpha value is -3.34. The van der Waals surface area contributed by atoms with E-state index in [1.165, 1.54) is 0 Å². The topological polar surface area (TPSA) is 63.2 Å². The fraction of sp³-hybridized carbons (Fsp3) is 0.100. The molecule has 126 valence electrons. The zero-order chi connectivity index (χ0) is 17.5. The first-order valence-electron chi connectivity index (χ1n) is 7.94. The number of nitrogens with zero attached hydrogens (tertiary/aromatic N) is 1. The second-order valence-electron chi connectivity index (χ2n) is 5.50. The van der Waals surface area contributed by atoms with Crippen molar-refractivity contribution in [3.63, 3.8) is 0 Å².